The van der Waals surface area contributed by atoms with Crippen molar-refractivity contribution in [2.75, 3.05) is 52.9 Å². The monoisotopic (exact) mass is 465 g/mol. The van der Waals surface area contributed by atoms with Crippen molar-refractivity contribution in [1.82, 2.24) is 20.4 Å². The molecule has 2 aliphatic heterocycles. The van der Waals surface area contributed by atoms with Gasteiger partial charge in [-0.1, -0.05) is 13.3 Å². The summed E-state index contributed by atoms with van der Waals surface area (Å²) in [6.07, 6.45) is 8.01. The third-order valence-electron chi connectivity index (χ3n) is 5.69. The second kappa shape index (κ2) is 13.1. The summed E-state index contributed by atoms with van der Waals surface area (Å²) in [5.74, 6) is 1.72. The number of nitrogens with zero attached hydrogens (tertiary/aromatic N) is 3. The van der Waals surface area contributed by atoms with E-state index in [1.807, 2.05) is 7.05 Å². The van der Waals surface area contributed by atoms with Crippen LogP contribution in [0.25, 0.3) is 0 Å². The van der Waals surface area contributed by atoms with Gasteiger partial charge in [-0.25, -0.2) is 0 Å². The first-order chi connectivity index (χ1) is 11.7. The van der Waals surface area contributed by atoms with Crippen LogP contribution in [0.1, 0.15) is 52.4 Å². The van der Waals surface area contributed by atoms with Crippen molar-refractivity contribution < 1.29 is 0 Å². The fourth-order valence-corrected chi connectivity index (χ4v) is 4.05. The lowest BCUT2D eigenvalue weighted by molar-refractivity contribution is 0.159. The normalized spacial score (nSPS) is 26.1. The van der Waals surface area contributed by atoms with Crippen molar-refractivity contribution in [3.8, 4) is 0 Å². The van der Waals surface area contributed by atoms with Crippen LogP contribution in [-0.4, -0.2) is 74.7 Å². The van der Waals surface area contributed by atoms with E-state index in [2.05, 4.69) is 39.3 Å². The lowest BCUT2D eigenvalue weighted by atomic mass is 9.98. The van der Waals surface area contributed by atoms with Gasteiger partial charge in [0.15, 0.2) is 5.96 Å². The first-order valence-electron chi connectivity index (χ1n) is 10.1. The number of guanidine groups is 1. The number of hydrogen-bond donors (Lipinski definition) is 2. The van der Waals surface area contributed by atoms with Crippen molar-refractivity contribution in [1.29, 1.82) is 0 Å². The summed E-state index contributed by atoms with van der Waals surface area (Å²) >= 11 is 0. The third kappa shape index (κ3) is 8.43. The second-order valence-corrected chi connectivity index (χ2v) is 7.52. The number of piperidine rings is 2. The molecule has 0 radical (unpaired) electrons. The molecular weight excluding hydrogens is 425 g/mol. The van der Waals surface area contributed by atoms with Gasteiger partial charge in [-0.3, -0.25) is 4.99 Å². The highest BCUT2D eigenvalue weighted by atomic mass is 127. The smallest absolute Gasteiger partial charge is 0.190 e. The van der Waals surface area contributed by atoms with Crippen LogP contribution in [0.3, 0.4) is 0 Å². The average Bonchev–Trinajstić information content (AvgIpc) is 2.62. The minimum absolute atomic E-state index is 0. The predicted octanol–water partition coefficient (Wildman–Crippen LogP) is 2.77. The number of hydrogen-bond acceptors (Lipinski definition) is 3. The molecule has 0 aliphatic carbocycles. The Balaban J connectivity index is 0.00000312. The molecule has 0 amide bonds. The Morgan fingerprint density at radius 2 is 1.96 bits per heavy atom. The van der Waals surface area contributed by atoms with Gasteiger partial charge in [-0.2, -0.15) is 0 Å². The van der Waals surface area contributed by atoms with E-state index in [0.29, 0.717) is 0 Å². The van der Waals surface area contributed by atoms with Crippen LogP contribution < -0.4 is 10.6 Å². The molecule has 2 N–H and O–H groups in total. The van der Waals surface area contributed by atoms with E-state index in [1.165, 1.54) is 71.2 Å². The first kappa shape index (κ1) is 23.0. The van der Waals surface area contributed by atoms with E-state index in [1.54, 1.807) is 0 Å². The van der Waals surface area contributed by atoms with E-state index in [-0.39, 0.29) is 24.0 Å². The van der Waals surface area contributed by atoms with E-state index in [0.717, 1.165) is 31.0 Å². The van der Waals surface area contributed by atoms with Gasteiger partial charge in [0.05, 0.1) is 0 Å². The van der Waals surface area contributed by atoms with Gasteiger partial charge in [0.25, 0.3) is 0 Å². The molecule has 0 aromatic rings. The van der Waals surface area contributed by atoms with Gasteiger partial charge in [0.1, 0.15) is 0 Å². The molecular formula is C19H40IN5. The van der Waals surface area contributed by atoms with Crippen molar-refractivity contribution in [2.45, 2.75) is 58.4 Å². The Kier molecular flexibility index (Phi) is 12.1. The standard InChI is InChI=1S/C19H39N5.HI/c1-4-23-12-7-10-18(16-23)15-22-19(20-3)21-11-8-14-24-13-6-5-9-17(24)2;/h17-18H,4-16H2,1-3H3,(H2,20,21,22);1H. The molecule has 2 heterocycles. The molecule has 2 unspecified atom stereocenters. The maximum atomic E-state index is 4.38. The lowest BCUT2D eigenvalue weighted by Gasteiger charge is -2.33. The molecule has 2 fully saturated rings. The highest BCUT2D eigenvalue weighted by Crippen LogP contribution is 2.16. The minimum atomic E-state index is 0. The number of aliphatic imine (C=N–C) groups is 1. The summed E-state index contributed by atoms with van der Waals surface area (Å²) in [6, 6.07) is 0.768. The summed E-state index contributed by atoms with van der Waals surface area (Å²) in [7, 11) is 1.88. The first-order valence-corrected chi connectivity index (χ1v) is 10.1. The van der Waals surface area contributed by atoms with Gasteiger partial charge in [0, 0.05) is 39.3 Å². The summed E-state index contributed by atoms with van der Waals surface area (Å²) < 4.78 is 0. The number of rotatable bonds is 7. The Hall–Kier alpha value is -0.0800. The van der Waals surface area contributed by atoms with E-state index < -0.39 is 0 Å². The lowest BCUT2D eigenvalue weighted by Crippen LogP contribution is -2.45. The molecule has 2 atom stereocenters. The van der Waals surface area contributed by atoms with Crippen molar-refractivity contribution in [2.24, 2.45) is 10.9 Å². The van der Waals surface area contributed by atoms with Gasteiger partial charge in [-0.05, 0) is 64.6 Å². The van der Waals surface area contributed by atoms with Crippen LogP contribution >= 0.6 is 24.0 Å². The van der Waals surface area contributed by atoms with Crippen LogP contribution in [0.4, 0.5) is 0 Å². The molecule has 2 aliphatic rings. The van der Waals surface area contributed by atoms with Gasteiger partial charge in [-0.15, -0.1) is 24.0 Å². The molecule has 5 nitrogen and oxygen atoms in total. The van der Waals surface area contributed by atoms with Crippen molar-refractivity contribution >= 4 is 29.9 Å². The van der Waals surface area contributed by atoms with Crippen LogP contribution in [0.15, 0.2) is 4.99 Å². The van der Waals surface area contributed by atoms with Crippen LogP contribution in [-0.2, 0) is 0 Å². The molecule has 0 aromatic heterocycles. The maximum absolute atomic E-state index is 4.38. The van der Waals surface area contributed by atoms with Crippen LogP contribution in [0.5, 0.6) is 0 Å². The summed E-state index contributed by atoms with van der Waals surface area (Å²) in [5, 5.41) is 7.02. The predicted molar refractivity (Wildman–Crippen MR) is 119 cm³/mol. The highest BCUT2D eigenvalue weighted by molar-refractivity contribution is 14.0. The third-order valence-corrected chi connectivity index (χ3v) is 5.69. The SMILES string of the molecule is CCN1CCCC(CNC(=NC)NCCCN2CCCCC2C)C1.I. The van der Waals surface area contributed by atoms with Crippen LogP contribution in [0.2, 0.25) is 0 Å². The van der Waals surface area contributed by atoms with E-state index >= 15 is 0 Å². The molecule has 0 aromatic carbocycles. The summed E-state index contributed by atoms with van der Waals surface area (Å²) in [4.78, 5) is 9.58. The Morgan fingerprint density at radius 3 is 2.68 bits per heavy atom. The fraction of sp³-hybridized carbons (Fsp3) is 0.947. The number of nitrogens with one attached hydrogen (secondary N) is 2. The number of halogens is 1. The summed E-state index contributed by atoms with van der Waals surface area (Å²) in [6.45, 7) is 12.9. The van der Waals surface area contributed by atoms with Crippen molar-refractivity contribution in [3.05, 3.63) is 0 Å². The van der Waals surface area contributed by atoms with Gasteiger partial charge < -0.3 is 20.4 Å². The molecule has 0 saturated carbocycles. The second-order valence-electron chi connectivity index (χ2n) is 7.52. The molecule has 25 heavy (non-hydrogen) atoms. The molecule has 6 heteroatoms. The number of likely N-dealkylation sites (tertiary alicyclic amines) is 2. The zero-order valence-electron chi connectivity index (χ0n) is 16.6. The molecule has 0 bridgehead atoms. The quantitative estimate of drug-likeness (QED) is 0.263. The van der Waals surface area contributed by atoms with Gasteiger partial charge in [0.2, 0.25) is 0 Å². The topological polar surface area (TPSA) is 42.9 Å². The van der Waals surface area contributed by atoms with E-state index in [4.69, 9.17) is 0 Å². The Bertz CT molecular complexity index is 377. The van der Waals surface area contributed by atoms with Crippen molar-refractivity contribution in [3.63, 3.8) is 0 Å². The molecule has 0 spiro atoms. The average molecular weight is 465 g/mol. The molecule has 148 valence electrons. The molecule has 2 saturated heterocycles. The zero-order valence-corrected chi connectivity index (χ0v) is 18.9. The Morgan fingerprint density at radius 1 is 1.12 bits per heavy atom. The largest absolute Gasteiger partial charge is 0.356 e. The fourth-order valence-electron chi connectivity index (χ4n) is 4.05. The van der Waals surface area contributed by atoms with Crippen LogP contribution in [0, 0.1) is 5.92 Å². The molecule has 2 rings (SSSR count). The summed E-state index contributed by atoms with van der Waals surface area (Å²) in [5.41, 5.74) is 0. The Labute approximate surface area is 172 Å². The minimum Gasteiger partial charge on any atom is -0.356 e. The van der Waals surface area contributed by atoms with Gasteiger partial charge >= 0.3 is 0 Å². The highest BCUT2D eigenvalue weighted by Gasteiger charge is 2.19. The zero-order chi connectivity index (χ0) is 17.2. The van der Waals surface area contributed by atoms with E-state index in [9.17, 15) is 0 Å². The maximum Gasteiger partial charge on any atom is 0.190 e.